The highest BCUT2D eigenvalue weighted by Crippen LogP contribution is 2.27. The third-order valence-corrected chi connectivity index (χ3v) is 2.82. The Labute approximate surface area is 106 Å². The number of ether oxygens (including phenoxy) is 1. The van der Waals surface area contributed by atoms with Gasteiger partial charge in [0, 0.05) is 23.4 Å². The first-order valence-electron chi connectivity index (χ1n) is 5.84. The topological polar surface area (TPSA) is 44.1 Å². The molecule has 0 aliphatic carbocycles. The average Bonchev–Trinajstić information content (AvgIpc) is 2.87. The van der Waals surface area contributed by atoms with Gasteiger partial charge >= 0.3 is 0 Å². The fourth-order valence-corrected chi connectivity index (χ4v) is 1.94. The van der Waals surface area contributed by atoms with E-state index in [1.165, 1.54) is 0 Å². The molecule has 94 valence electrons. The van der Waals surface area contributed by atoms with Crippen molar-refractivity contribution in [2.24, 2.45) is 0 Å². The molecular weight excluding hydrogens is 228 g/mol. The summed E-state index contributed by atoms with van der Waals surface area (Å²) in [5.74, 6) is 0.677. The van der Waals surface area contributed by atoms with Crippen molar-refractivity contribution in [1.29, 1.82) is 0 Å². The molecule has 2 aromatic rings. The van der Waals surface area contributed by atoms with Crippen LogP contribution in [0.4, 0.5) is 0 Å². The number of methoxy groups -OCH3 is 1. The molecule has 0 unspecified atom stereocenters. The molecule has 0 bridgehead atoms. The van der Waals surface area contributed by atoms with E-state index in [1.54, 1.807) is 19.4 Å². The monoisotopic (exact) mass is 244 g/mol. The highest BCUT2D eigenvalue weighted by molar-refractivity contribution is 5.87. The lowest BCUT2D eigenvalue weighted by molar-refractivity contribution is 0.112. The second-order valence-electron chi connectivity index (χ2n) is 4.33. The Kier molecular flexibility index (Phi) is 3.46. The summed E-state index contributed by atoms with van der Waals surface area (Å²) in [6.45, 7) is 4.11. The van der Waals surface area contributed by atoms with Crippen molar-refractivity contribution >= 4 is 6.29 Å². The molecule has 4 heteroatoms. The number of carbonyl (C=O) groups excluding carboxylic acids is 1. The number of nitrogens with zero attached hydrogens (tertiary/aromatic N) is 2. The van der Waals surface area contributed by atoms with Crippen LogP contribution in [0.1, 0.15) is 30.2 Å². The Morgan fingerprint density at radius 3 is 2.72 bits per heavy atom. The van der Waals surface area contributed by atoms with Gasteiger partial charge < -0.3 is 4.74 Å². The van der Waals surface area contributed by atoms with E-state index in [-0.39, 0.29) is 6.04 Å². The van der Waals surface area contributed by atoms with Crippen LogP contribution in [0.5, 0.6) is 5.75 Å². The number of aldehydes is 1. The zero-order valence-electron chi connectivity index (χ0n) is 10.8. The van der Waals surface area contributed by atoms with E-state index in [1.807, 2.05) is 22.9 Å². The molecule has 1 heterocycles. The number of hydrogen-bond acceptors (Lipinski definition) is 3. The van der Waals surface area contributed by atoms with Crippen molar-refractivity contribution in [1.82, 2.24) is 9.78 Å². The summed E-state index contributed by atoms with van der Waals surface area (Å²) >= 11 is 0. The molecular formula is C14H16N2O2. The lowest BCUT2D eigenvalue weighted by Gasteiger charge is -2.13. The zero-order chi connectivity index (χ0) is 13.1. The minimum atomic E-state index is 0.247. The Morgan fingerprint density at radius 2 is 2.11 bits per heavy atom. The summed E-state index contributed by atoms with van der Waals surface area (Å²) in [4.78, 5) is 11.2. The fourth-order valence-electron chi connectivity index (χ4n) is 1.94. The first-order chi connectivity index (χ1) is 8.67. The molecule has 2 rings (SSSR count). The quantitative estimate of drug-likeness (QED) is 0.777. The first-order valence-corrected chi connectivity index (χ1v) is 5.84. The van der Waals surface area contributed by atoms with Crippen molar-refractivity contribution < 1.29 is 9.53 Å². The van der Waals surface area contributed by atoms with Crippen LogP contribution < -0.4 is 4.74 Å². The molecule has 0 saturated heterocycles. The maximum Gasteiger partial charge on any atom is 0.150 e. The second kappa shape index (κ2) is 5.04. The fraction of sp³-hybridized carbons (Fsp3) is 0.286. The molecule has 0 spiro atoms. The lowest BCUT2D eigenvalue weighted by Crippen LogP contribution is -2.05. The van der Waals surface area contributed by atoms with Crippen molar-refractivity contribution in [3.05, 3.63) is 36.0 Å². The predicted molar refractivity (Wildman–Crippen MR) is 70.0 cm³/mol. The minimum Gasteiger partial charge on any atom is -0.497 e. The van der Waals surface area contributed by atoms with Crippen LogP contribution in [-0.2, 0) is 0 Å². The summed E-state index contributed by atoms with van der Waals surface area (Å²) in [5, 5.41) is 4.28. The molecule has 4 nitrogen and oxygen atoms in total. The summed E-state index contributed by atoms with van der Waals surface area (Å²) in [6, 6.07) is 7.63. The molecule has 1 aromatic carbocycles. The Hall–Kier alpha value is -2.10. The van der Waals surface area contributed by atoms with Gasteiger partial charge in [0.15, 0.2) is 6.29 Å². The molecule has 18 heavy (non-hydrogen) atoms. The van der Waals surface area contributed by atoms with Crippen LogP contribution in [0.25, 0.3) is 11.3 Å². The van der Waals surface area contributed by atoms with Crippen LogP contribution in [0.2, 0.25) is 0 Å². The minimum absolute atomic E-state index is 0.247. The van der Waals surface area contributed by atoms with Crippen LogP contribution in [0.15, 0.2) is 30.5 Å². The van der Waals surface area contributed by atoms with Crippen LogP contribution >= 0.6 is 0 Å². The molecule has 1 aromatic heterocycles. The molecule has 0 radical (unpaired) electrons. The maximum absolute atomic E-state index is 11.2. The summed E-state index contributed by atoms with van der Waals surface area (Å²) in [7, 11) is 1.59. The third kappa shape index (κ3) is 2.14. The van der Waals surface area contributed by atoms with Crippen LogP contribution in [-0.4, -0.2) is 23.2 Å². The van der Waals surface area contributed by atoms with E-state index in [0.717, 1.165) is 17.5 Å². The Morgan fingerprint density at radius 1 is 1.33 bits per heavy atom. The number of rotatable bonds is 4. The van der Waals surface area contributed by atoms with Crippen molar-refractivity contribution in [3.63, 3.8) is 0 Å². The number of benzene rings is 1. The second-order valence-corrected chi connectivity index (χ2v) is 4.33. The molecule has 0 aliphatic heterocycles. The largest absolute Gasteiger partial charge is 0.497 e. The molecule has 0 N–H and O–H groups in total. The van der Waals surface area contributed by atoms with Crippen LogP contribution in [0, 0.1) is 0 Å². The van der Waals surface area contributed by atoms with E-state index in [2.05, 4.69) is 18.9 Å². The summed E-state index contributed by atoms with van der Waals surface area (Å²) in [6.07, 6.45) is 2.59. The number of hydrogen-bond donors (Lipinski definition) is 0. The SMILES string of the molecule is COc1ccc(-c2ccnn2C(C)C)c(C=O)c1. The molecule has 0 amide bonds. The molecule has 0 fully saturated rings. The first kappa shape index (κ1) is 12.4. The van der Waals surface area contributed by atoms with Gasteiger partial charge in [-0.1, -0.05) is 0 Å². The van der Waals surface area contributed by atoms with Crippen LogP contribution in [0.3, 0.4) is 0 Å². The standard InChI is InChI=1S/C14H16N2O2/c1-10(2)16-14(6-7-15-16)13-5-4-12(18-3)8-11(13)9-17/h4-10H,1-3H3. The van der Waals surface area contributed by atoms with Gasteiger partial charge in [-0.2, -0.15) is 5.10 Å². The Balaban J connectivity index is 2.56. The molecule has 0 saturated carbocycles. The normalized spacial score (nSPS) is 10.7. The maximum atomic E-state index is 11.2. The van der Waals surface area contributed by atoms with Gasteiger partial charge in [-0.3, -0.25) is 9.48 Å². The van der Waals surface area contributed by atoms with Gasteiger partial charge in [-0.05, 0) is 38.1 Å². The summed E-state index contributed by atoms with van der Waals surface area (Å²) in [5.41, 5.74) is 2.42. The smallest absolute Gasteiger partial charge is 0.150 e. The van der Waals surface area contributed by atoms with Gasteiger partial charge in [0.2, 0.25) is 0 Å². The van der Waals surface area contributed by atoms with E-state index >= 15 is 0 Å². The summed E-state index contributed by atoms with van der Waals surface area (Å²) < 4.78 is 7.02. The van der Waals surface area contributed by atoms with Crippen molar-refractivity contribution in [2.45, 2.75) is 19.9 Å². The van der Waals surface area contributed by atoms with Gasteiger partial charge in [-0.25, -0.2) is 0 Å². The van der Waals surface area contributed by atoms with Gasteiger partial charge in [0.1, 0.15) is 5.75 Å². The van der Waals surface area contributed by atoms with E-state index in [0.29, 0.717) is 11.3 Å². The lowest BCUT2D eigenvalue weighted by atomic mass is 10.0. The van der Waals surface area contributed by atoms with Crippen molar-refractivity contribution in [3.8, 4) is 17.0 Å². The van der Waals surface area contributed by atoms with Gasteiger partial charge in [-0.15, -0.1) is 0 Å². The predicted octanol–water partition coefficient (Wildman–Crippen LogP) is 2.95. The van der Waals surface area contributed by atoms with E-state index in [4.69, 9.17) is 4.74 Å². The number of aromatic nitrogens is 2. The number of carbonyl (C=O) groups is 1. The van der Waals surface area contributed by atoms with Crippen molar-refractivity contribution in [2.75, 3.05) is 7.11 Å². The van der Waals surface area contributed by atoms with Gasteiger partial charge in [0.05, 0.1) is 12.8 Å². The van der Waals surface area contributed by atoms with Gasteiger partial charge in [0.25, 0.3) is 0 Å². The highest BCUT2D eigenvalue weighted by Gasteiger charge is 2.12. The van der Waals surface area contributed by atoms with E-state index < -0.39 is 0 Å². The molecule has 0 atom stereocenters. The third-order valence-electron chi connectivity index (χ3n) is 2.82. The van der Waals surface area contributed by atoms with E-state index in [9.17, 15) is 4.79 Å². The Bertz CT molecular complexity index is 559. The zero-order valence-corrected chi connectivity index (χ0v) is 10.8. The average molecular weight is 244 g/mol. The molecule has 0 aliphatic rings. The highest BCUT2D eigenvalue weighted by atomic mass is 16.5.